The van der Waals surface area contributed by atoms with Crippen LogP contribution in [0.1, 0.15) is 5.56 Å². The van der Waals surface area contributed by atoms with E-state index in [4.69, 9.17) is 14.5 Å². The van der Waals surface area contributed by atoms with E-state index in [0.717, 1.165) is 32.0 Å². The van der Waals surface area contributed by atoms with Crippen LogP contribution in [-0.4, -0.2) is 79.0 Å². The van der Waals surface area contributed by atoms with Gasteiger partial charge in [0.2, 0.25) is 5.95 Å². The summed E-state index contributed by atoms with van der Waals surface area (Å²) in [4.78, 5) is 13.6. The number of phenolic OH excluding ortho intramolecular Hbond substituents is 2. The Balaban J connectivity index is 1.56. The van der Waals surface area contributed by atoms with Crippen LogP contribution in [0, 0.1) is 0 Å². The number of hydrogen-bond donors (Lipinski definition) is 3. The van der Waals surface area contributed by atoms with Crippen molar-refractivity contribution < 1.29 is 19.7 Å². The molecule has 0 saturated carbocycles. The fourth-order valence-corrected chi connectivity index (χ4v) is 3.15. The Morgan fingerprint density at radius 1 is 0.931 bits per heavy atom. The van der Waals surface area contributed by atoms with Crippen LogP contribution < -0.4 is 15.2 Å². The van der Waals surface area contributed by atoms with Gasteiger partial charge in [0.25, 0.3) is 0 Å². The summed E-state index contributed by atoms with van der Waals surface area (Å²) in [6.45, 7) is 5.62. The molecule has 0 spiro atoms. The lowest BCUT2D eigenvalue weighted by Crippen LogP contribution is -2.39. The van der Waals surface area contributed by atoms with Crippen molar-refractivity contribution in [1.29, 1.82) is 0 Å². The number of anilines is 3. The van der Waals surface area contributed by atoms with Gasteiger partial charge in [0, 0.05) is 43.9 Å². The highest BCUT2D eigenvalue weighted by Crippen LogP contribution is 2.23. The van der Waals surface area contributed by atoms with Crippen LogP contribution in [0.4, 0.5) is 17.6 Å². The molecular formula is C19H24N6O4. The maximum atomic E-state index is 9.88. The number of hydrogen-bond acceptors (Lipinski definition) is 10. The maximum Gasteiger partial charge on any atom is 0.229 e. The highest BCUT2D eigenvalue weighted by atomic mass is 16.5. The van der Waals surface area contributed by atoms with Gasteiger partial charge in [0.1, 0.15) is 17.3 Å². The van der Waals surface area contributed by atoms with Crippen molar-refractivity contribution >= 4 is 23.8 Å². The van der Waals surface area contributed by atoms with Gasteiger partial charge in [-0.25, -0.2) is 0 Å². The van der Waals surface area contributed by atoms with Gasteiger partial charge < -0.3 is 29.5 Å². The van der Waals surface area contributed by atoms with Gasteiger partial charge in [-0.2, -0.15) is 15.1 Å². The lowest BCUT2D eigenvalue weighted by molar-refractivity contribution is 0.121. The van der Waals surface area contributed by atoms with Gasteiger partial charge in [-0.05, 0) is 12.1 Å². The third kappa shape index (κ3) is 4.84. The fourth-order valence-electron chi connectivity index (χ4n) is 3.15. The average molecular weight is 400 g/mol. The van der Waals surface area contributed by atoms with Crippen LogP contribution in [0.2, 0.25) is 0 Å². The predicted octanol–water partition coefficient (Wildman–Crippen LogP) is 1.01. The number of nitrogens with one attached hydrogen (secondary N) is 1. The van der Waals surface area contributed by atoms with E-state index in [0.29, 0.717) is 43.8 Å². The lowest BCUT2D eigenvalue weighted by Gasteiger charge is -2.31. The molecule has 3 heterocycles. The molecule has 0 amide bonds. The molecule has 0 aliphatic carbocycles. The summed E-state index contributed by atoms with van der Waals surface area (Å²) >= 11 is 0. The van der Waals surface area contributed by atoms with Crippen LogP contribution >= 0.6 is 0 Å². The largest absolute Gasteiger partial charge is 0.508 e. The summed E-state index contributed by atoms with van der Waals surface area (Å²) in [7, 11) is 0. The van der Waals surface area contributed by atoms with E-state index in [9.17, 15) is 10.2 Å². The molecule has 2 saturated heterocycles. The minimum absolute atomic E-state index is 0.00582. The zero-order valence-corrected chi connectivity index (χ0v) is 16.0. The van der Waals surface area contributed by atoms with E-state index in [2.05, 4.69) is 25.3 Å². The monoisotopic (exact) mass is 400 g/mol. The molecular weight excluding hydrogens is 376 g/mol. The molecule has 2 aliphatic rings. The summed E-state index contributed by atoms with van der Waals surface area (Å²) in [5.41, 5.74) is 3.40. The summed E-state index contributed by atoms with van der Waals surface area (Å²) in [6, 6.07) is 6.18. The predicted molar refractivity (Wildman–Crippen MR) is 109 cm³/mol. The van der Waals surface area contributed by atoms with Crippen molar-refractivity contribution in [2.45, 2.75) is 0 Å². The molecule has 1 aromatic heterocycles. The minimum Gasteiger partial charge on any atom is -0.508 e. The first-order valence-electron chi connectivity index (χ1n) is 9.54. The quantitative estimate of drug-likeness (QED) is 0.499. The van der Waals surface area contributed by atoms with Gasteiger partial charge in [-0.1, -0.05) is 0 Å². The first kappa shape index (κ1) is 19.2. The van der Waals surface area contributed by atoms with E-state index < -0.39 is 0 Å². The number of benzene rings is 1. The van der Waals surface area contributed by atoms with Crippen LogP contribution in [0.3, 0.4) is 0 Å². The molecule has 10 heteroatoms. The standard InChI is InChI=1S/C19H24N6O4/c26-15-2-1-14(16(27)11-15)13-20-23-17-12-18(24-3-7-28-8-4-24)22-19(21-17)25-5-9-29-10-6-25/h1-2,11-13,26-27H,3-10H2,(H,21,22,23)/b20-13-. The van der Waals surface area contributed by atoms with Crippen molar-refractivity contribution in [1.82, 2.24) is 9.97 Å². The van der Waals surface area contributed by atoms with Gasteiger partial charge in [-0.15, -0.1) is 0 Å². The summed E-state index contributed by atoms with van der Waals surface area (Å²) in [6.07, 6.45) is 1.47. The second kappa shape index (κ2) is 8.93. The van der Waals surface area contributed by atoms with E-state index >= 15 is 0 Å². The molecule has 0 bridgehead atoms. The molecule has 0 unspecified atom stereocenters. The van der Waals surface area contributed by atoms with E-state index in [1.54, 1.807) is 6.07 Å². The molecule has 2 aliphatic heterocycles. The van der Waals surface area contributed by atoms with E-state index in [1.807, 2.05) is 6.07 Å². The Bertz CT molecular complexity index is 830. The topological polar surface area (TPSA) is 116 Å². The first-order valence-corrected chi connectivity index (χ1v) is 9.54. The van der Waals surface area contributed by atoms with Gasteiger partial charge in [0.05, 0.1) is 32.6 Å². The number of aromatic hydroxyl groups is 2. The molecule has 3 N–H and O–H groups in total. The number of ether oxygens (including phenoxy) is 2. The Kier molecular flexibility index (Phi) is 5.92. The number of nitrogens with zero attached hydrogens (tertiary/aromatic N) is 5. The van der Waals surface area contributed by atoms with Crippen molar-refractivity contribution in [3.63, 3.8) is 0 Å². The highest BCUT2D eigenvalue weighted by molar-refractivity contribution is 5.84. The van der Waals surface area contributed by atoms with Crippen molar-refractivity contribution in [2.75, 3.05) is 67.8 Å². The van der Waals surface area contributed by atoms with Crippen molar-refractivity contribution in [2.24, 2.45) is 5.10 Å². The molecule has 4 rings (SSSR count). The normalized spacial score (nSPS) is 17.7. The Morgan fingerprint density at radius 3 is 2.31 bits per heavy atom. The third-order valence-corrected chi connectivity index (χ3v) is 4.73. The third-order valence-electron chi connectivity index (χ3n) is 4.73. The summed E-state index contributed by atoms with van der Waals surface area (Å²) in [5.74, 6) is 1.94. The highest BCUT2D eigenvalue weighted by Gasteiger charge is 2.19. The summed E-state index contributed by atoms with van der Waals surface area (Å²) in [5, 5.41) is 23.4. The zero-order valence-electron chi connectivity index (χ0n) is 16.0. The average Bonchev–Trinajstić information content (AvgIpc) is 2.76. The molecule has 0 atom stereocenters. The Hall–Kier alpha value is -3.11. The smallest absolute Gasteiger partial charge is 0.229 e. The van der Waals surface area contributed by atoms with Gasteiger partial charge in [-0.3, -0.25) is 5.43 Å². The second-order valence-electron chi connectivity index (χ2n) is 6.72. The van der Waals surface area contributed by atoms with Crippen LogP contribution in [-0.2, 0) is 9.47 Å². The molecule has 1 aromatic carbocycles. The van der Waals surface area contributed by atoms with Crippen molar-refractivity contribution in [3.8, 4) is 11.5 Å². The molecule has 29 heavy (non-hydrogen) atoms. The second-order valence-corrected chi connectivity index (χ2v) is 6.72. The maximum absolute atomic E-state index is 9.88. The number of hydrazone groups is 1. The van der Waals surface area contributed by atoms with E-state index in [-0.39, 0.29) is 11.5 Å². The first-order chi connectivity index (χ1) is 14.2. The summed E-state index contributed by atoms with van der Waals surface area (Å²) < 4.78 is 10.9. The Labute approximate surface area is 168 Å². The lowest BCUT2D eigenvalue weighted by atomic mass is 10.2. The van der Waals surface area contributed by atoms with Gasteiger partial charge >= 0.3 is 0 Å². The van der Waals surface area contributed by atoms with Crippen LogP contribution in [0.25, 0.3) is 0 Å². The van der Waals surface area contributed by atoms with Gasteiger partial charge in [0.15, 0.2) is 5.82 Å². The number of phenols is 2. The Morgan fingerprint density at radius 2 is 1.62 bits per heavy atom. The number of aromatic nitrogens is 2. The van der Waals surface area contributed by atoms with Crippen LogP contribution in [0.5, 0.6) is 11.5 Å². The van der Waals surface area contributed by atoms with Crippen molar-refractivity contribution in [3.05, 3.63) is 29.8 Å². The molecule has 10 nitrogen and oxygen atoms in total. The number of rotatable bonds is 5. The number of morpholine rings is 2. The SMILES string of the molecule is Oc1ccc(/C=N\Nc2cc(N3CCOCC3)nc(N3CCOCC3)n2)c(O)c1. The molecule has 154 valence electrons. The van der Waals surface area contributed by atoms with Crippen LogP contribution in [0.15, 0.2) is 29.4 Å². The zero-order chi connectivity index (χ0) is 20.1. The molecule has 0 radical (unpaired) electrons. The molecule has 2 aromatic rings. The molecule has 2 fully saturated rings. The minimum atomic E-state index is -0.0544. The van der Waals surface area contributed by atoms with E-state index in [1.165, 1.54) is 18.3 Å². The fraction of sp³-hybridized carbons (Fsp3) is 0.421.